The fourth-order valence-corrected chi connectivity index (χ4v) is 5.24. The van der Waals surface area contributed by atoms with Crippen LogP contribution < -0.4 is 5.56 Å². The van der Waals surface area contributed by atoms with Crippen molar-refractivity contribution < 1.29 is 9.53 Å². The van der Waals surface area contributed by atoms with E-state index in [1.165, 1.54) is 36.1 Å². The number of esters is 1. The Labute approximate surface area is 144 Å². The van der Waals surface area contributed by atoms with E-state index in [4.69, 9.17) is 4.74 Å². The smallest absolute Gasteiger partial charge is 0.306 e. The predicted octanol–water partition coefficient (Wildman–Crippen LogP) is 3.49. The van der Waals surface area contributed by atoms with Gasteiger partial charge in [-0.1, -0.05) is 25.7 Å². The Morgan fingerprint density at radius 1 is 1.25 bits per heavy atom. The molecule has 0 saturated heterocycles. The van der Waals surface area contributed by atoms with Crippen LogP contribution in [0.15, 0.2) is 4.79 Å². The van der Waals surface area contributed by atoms with Crippen LogP contribution in [0.1, 0.15) is 61.2 Å². The molecule has 2 aliphatic rings. The molecule has 2 heterocycles. The molecule has 4 rings (SSSR count). The molecule has 2 aromatic heterocycles. The summed E-state index contributed by atoms with van der Waals surface area (Å²) in [6.07, 6.45) is 9.56. The van der Waals surface area contributed by atoms with Gasteiger partial charge in [-0.25, -0.2) is 4.98 Å². The summed E-state index contributed by atoms with van der Waals surface area (Å²) in [5.74, 6) is 0.931. The Kier molecular flexibility index (Phi) is 4.39. The van der Waals surface area contributed by atoms with Gasteiger partial charge in [0.25, 0.3) is 5.56 Å². The van der Waals surface area contributed by atoms with Gasteiger partial charge in [-0.2, -0.15) is 0 Å². The van der Waals surface area contributed by atoms with Crippen LogP contribution in [0.5, 0.6) is 0 Å². The lowest BCUT2D eigenvalue weighted by Gasteiger charge is -2.08. The van der Waals surface area contributed by atoms with E-state index in [-0.39, 0.29) is 18.1 Å². The maximum absolute atomic E-state index is 12.3. The summed E-state index contributed by atoms with van der Waals surface area (Å²) in [7, 11) is 0. The summed E-state index contributed by atoms with van der Waals surface area (Å²) in [5, 5.41) is 0.740. The number of aryl methyl sites for hydroxylation is 2. The second kappa shape index (κ2) is 6.67. The molecular weight excluding hydrogens is 324 g/mol. The van der Waals surface area contributed by atoms with Crippen LogP contribution in [0.2, 0.25) is 0 Å². The van der Waals surface area contributed by atoms with Gasteiger partial charge >= 0.3 is 5.97 Å². The SMILES string of the molecule is O=C(CCC1CCCC1)OCc1nc2sc3c(c2c(=O)[nH]1)CCC3. The largest absolute Gasteiger partial charge is 0.458 e. The van der Waals surface area contributed by atoms with Gasteiger partial charge < -0.3 is 9.72 Å². The Hall–Kier alpha value is -1.69. The van der Waals surface area contributed by atoms with Crippen LogP contribution in [0, 0.1) is 5.92 Å². The molecule has 24 heavy (non-hydrogen) atoms. The molecule has 5 nitrogen and oxygen atoms in total. The number of aromatic amines is 1. The van der Waals surface area contributed by atoms with E-state index in [0.717, 1.165) is 35.9 Å². The molecule has 1 fully saturated rings. The van der Waals surface area contributed by atoms with Gasteiger partial charge in [-0.05, 0) is 37.2 Å². The number of thiophene rings is 1. The van der Waals surface area contributed by atoms with Gasteiger partial charge in [0.1, 0.15) is 17.3 Å². The molecule has 0 aliphatic heterocycles. The summed E-state index contributed by atoms with van der Waals surface area (Å²) in [6.45, 7) is 0.0528. The minimum Gasteiger partial charge on any atom is -0.458 e. The average molecular weight is 346 g/mol. The van der Waals surface area contributed by atoms with E-state index in [9.17, 15) is 9.59 Å². The third kappa shape index (κ3) is 3.11. The molecule has 0 bridgehead atoms. The molecule has 128 valence electrons. The number of H-pyrrole nitrogens is 1. The molecule has 0 spiro atoms. The van der Waals surface area contributed by atoms with Crippen molar-refractivity contribution >= 4 is 27.5 Å². The van der Waals surface area contributed by atoms with Crippen molar-refractivity contribution in [1.29, 1.82) is 0 Å². The van der Waals surface area contributed by atoms with Crippen LogP contribution >= 0.6 is 11.3 Å². The first-order valence-electron chi connectivity index (χ1n) is 8.90. The maximum Gasteiger partial charge on any atom is 0.306 e. The number of nitrogens with zero attached hydrogens (tertiary/aromatic N) is 1. The van der Waals surface area contributed by atoms with Crippen LogP contribution in [-0.2, 0) is 29.0 Å². The minimum absolute atomic E-state index is 0.0528. The normalized spacial score (nSPS) is 17.5. The Morgan fingerprint density at radius 2 is 2.08 bits per heavy atom. The van der Waals surface area contributed by atoms with Crippen LogP contribution in [0.3, 0.4) is 0 Å². The van der Waals surface area contributed by atoms with Crippen molar-refractivity contribution in [2.24, 2.45) is 5.92 Å². The highest BCUT2D eigenvalue weighted by Crippen LogP contribution is 2.34. The highest BCUT2D eigenvalue weighted by Gasteiger charge is 2.21. The van der Waals surface area contributed by atoms with Gasteiger partial charge in [0, 0.05) is 11.3 Å². The van der Waals surface area contributed by atoms with Crippen LogP contribution in [0.25, 0.3) is 10.2 Å². The molecule has 6 heteroatoms. The number of fused-ring (bicyclic) bond motifs is 3. The second-order valence-corrected chi connectivity index (χ2v) is 7.98. The monoisotopic (exact) mass is 346 g/mol. The van der Waals surface area contributed by atoms with E-state index in [1.807, 2.05) is 0 Å². The zero-order chi connectivity index (χ0) is 16.5. The first-order valence-corrected chi connectivity index (χ1v) is 9.71. The molecule has 0 unspecified atom stereocenters. The number of carbonyl (C=O) groups excluding carboxylic acids is 1. The molecule has 0 aromatic carbocycles. The highest BCUT2D eigenvalue weighted by molar-refractivity contribution is 7.18. The minimum atomic E-state index is -0.196. The van der Waals surface area contributed by atoms with Crippen molar-refractivity contribution in [2.45, 2.75) is 64.4 Å². The first-order chi connectivity index (χ1) is 11.7. The summed E-state index contributed by atoms with van der Waals surface area (Å²) in [6, 6.07) is 0. The second-order valence-electron chi connectivity index (χ2n) is 6.90. The zero-order valence-electron chi connectivity index (χ0n) is 13.7. The van der Waals surface area contributed by atoms with Gasteiger partial charge in [-0.15, -0.1) is 11.3 Å². The Morgan fingerprint density at radius 3 is 2.92 bits per heavy atom. The molecule has 1 N–H and O–H groups in total. The fraction of sp³-hybridized carbons (Fsp3) is 0.611. The summed E-state index contributed by atoms with van der Waals surface area (Å²) in [5.41, 5.74) is 1.07. The van der Waals surface area contributed by atoms with Crippen LogP contribution in [0.4, 0.5) is 0 Å². The summed E-state index contributed by atoms with van der Waals surface area (Å²) < 4.78 is 5.30. The van der Waals surface area contributed by atoms with Crippen molar-refractivity contribution in [3.05, 3.63) is 26.6 Å². The molecule has 1 saturated carbocycles. The number of aromatic nitrogens is 2. The Bertz CT molecular complexity index is 818. The van der Waals surface area contributed by atoms with E-state index in [0.29, 0.717) is 18.2 Å². The third-order valence-electron chi connectivity index (χ3n) is 5.23. The van der Waals surface area contributed by atoms with Crippen molar-refractivity contribution in [2.75, 3.05) is 0 Å². The molecule has 2 aliphatic carbocycles. The van der Waals surface area contributed by atoms with Crippen molar-refractivity contribution in [3.63, 3.8) is 0 Å². The molecule has 0 radical (unpaired) electrons. The number of hydrogen-bond donors (Lipinski definition) is 1. The number of ether oxygens (including phenoxy) is 1. The van der Waals surface area contributed by atoms with E-state index in [2.05, 4.69) is 9.97 Å². The van der Waals surface area contributed by atoms with Gasteiger partial charge in [-0.3, -0.25) is 9.59 Å². The van der Waals surface area contributed by atoms with E-state index in [1.54, 1.807) is 11.3 Å². The van der Waals surface area contributed by atoms with Gasteiger partial charge in [0.05, 0.1) is 5.39 Å². The van der Waals surface area contributed by atoms with Crippen molar-refractivity contribution in [1.82, 2.24) is 9.97 Å². The summed E-state index contributed by atoms with van der Waals surface area (Å²) >= 11 is 1.60. The molecule has 0 amide bonds. The highest BCUT2D eigenvalue weighted by atomic mass is 32.1. The lowest BCUT2D eigenvalue weighted by Crippen LogP contribution is -2.14. The van der Waals surface area contributed by atoms with E-state index >= 15 is 0 Å². The molecule has 2 aromatic rings. The average Bonchev–Trinajstić information content (AvgIpc) is 3.27. The Balaban J connectivity index is 1.39. The number of hydrogen-bond acceptors (Lipinski definition) is 5. The number of nitrogens with one attached hydrogen (secondary N) is 1. The van der Waals surface area contributed by atoms with E-state index < -0.39 is 0 Å². The van der Waals surface area contributed by atoms with Gasteiger partial charge in [0.2, 0.25) is 0 Å². The van der Waals surface area contributed by atoms with Crippen LogP contribution in [-0.4, -0.2) is 15.9 Å². The predicted molar refractivity (Wildman–Crippen MR) is 93.3 cm³/mol. The fourth-order valence-electron chi connectivity index (χ4n) is 3.96. The summed E-state index contributed by atoms with van der Waals surface area (Å²) in [4.78, 5) is 33.6. The number of carbonyl (C=O) groups is 1. The maximum atomic E-state index is 12.3. The standard InChI is InChI=1S/C18H22N2O3S/c21-15(9-8-11-4-1-2-5-11)23-10-14-19-17(22)16-12-6-3-7-13(12)24-18(16)20-14/h11H,1-10H2,(H,19,20,22). The molecule has 0 atom stereocenters. The topological polar surface area (TPSA) is 72.0 Å². The van der Waals surface area contributed by atoms with Gasteiger partial charge in [0.15, 0.2) is 0 Å². The lowest BCUT2D eigenvalue weighted by atomic mass is 10.0. The molecular formula is C18H22N2O3S. The third-order valence-corrected chi connectivity index (χ3v) is 6.41. The first kappa shape index (κ1) is 15.8. The quantitative estimate of drug-likeness (QED) is 0.841. The lowest BCUT2D eigenvalue weighted by molar-refractivity contribution is -0.145. The van der Waals surface area contributed by atoms with Crippen molar-refractivity contribution in [3.8, 4) is 0 Å². The number of rotatable bonds is 5. The zero-order valence-corrected chi connectivity index (χ0v) is 14.5.